The molecule has 0 aromatic heterocycles. The van der Waals surface area contributed by atoms with Gasteiger partial charge in [-0.2, -0.15) is 0 Å². The van der Waals surface area contributed by atoms with Gasteiger partial charge in [-0.05, 0) is 37.0 Å². The van der Waals surface area contributed by atoms with Crippen molar-refractivity contribution < 1.29 is 9.84 Å². The first-order chi connectivity index (χ1) is 7.22. The fourth-order valence-electron chi connectivity index (χ4n) is 1.98. The fourth-order valence-corrected chi connectivity index (χ4v) is 1.98. The first-order valence-electron chi connectivity index (χ1n) is 5.35. The van der Waals surface area contributed by atoms with Gasteiger partial charge in [0.05, 0.1) is 7.11 Å². The van der Waals surface area contributed by atoms with Gasteiger partial charge in [0.25, 0.3) is 0 Å². The summed E-state index contributed by atoms with van der Waals surface area (Å²) in [7, 11) is 1.62. The average Bonchev–Trinajstić information content (AvgIpc) is 2.15. The maximum Gasteiger partial charge on any atom is 0.120 e. The molecule has 0 aliphatic heterocycles. The molecule has 1 aromatic carbocycles. The summed E-state index contributed by atoms with van der Waals surface area (Å²) in [5.74, 6) is 1.54. The van der Waals surface area contributed by atoms with Crippen molar-refractivity contribution in [2.45, 2.75) is 25.3 Å². The average molecular weight is 207 g/mol. The Kier molecular flexibility index (Phi) is 2.82. The third kappa shape index (κ3) is 1.92. The molecule has 1 fully saturated rings. The lowest BCUT2D eigenvalue weighted by atomic mass is 9.77. The van der Waals surface area contributed by atoms with Crippen molar-refractivity contribution in [3.05, 3.63) is 23.8 Å². The van der Waals surface area contributed by atoms with E-state index in [0.717, 1.165) is 24.2 Å². The van der Waals surface area contributed by atoms with Crippen LogP contribution in [0.1, 0.15) is 30.9 Å². The Hall–Kier alpha value is -1.22. The Morgan fingerprint density at radius 2 is 2.20 bits per heavy atom. The number of ether oxygens (including phenoxy) is 1. The van der Waals surface area contributed by atoms with E-state index in [4.69, 9.17) is 10.5 Å². The highest BCUT2D eigenvalue weighted by atomic mass is 16.5. The van der Waals surface area contributed by atoms with Crippen LogP contribution in [0.2, 0.25) is 0 Å². The van der Waals surface area contributed by atoms with Crippen LogP contribution in [-0.4, -0.2) is 12.2 Å². The van der Waals surface area contributed by atoms with Crippen molar-refractivity contribution in [2.24, 2.45) is 11.7 Å². The van der Waals surface area contributed by atoms with E-state index in [1.807, 2.05) is 6.07 Å². The molecule has 2 rings (SSSR count). The van der Waals surface area contributed by atoms with Gasteiger partial charge in [-0.15, -0.1) is 0 Å². The van der Waals surface area contributed by atoms with Crippen LogP contribution in [0, 0.1) is 5.92 Å². The molecule has 1 aromatic rings. The zero-order chi connectivity index (χ0) is 10.8. The SMILES string of the molecule is COc1ccc(O)c([C@@H](N)C2CCC2)c1. The normalized spacial score (nSPS) is 18.3. The molecule has 0 unspecified atom stereocenters. The Balaban J connectivity index is 2.24. The molecule has 15 heavy (non-hydrogen) atoms. The van der Waals surface area contributed by atoms with Crippen molar-refractivity contribution in [3.63, 3.8) is 0 Å². The molecule has 82 valence electrons. The van der Waals surface area contributed by atoms with E-state index >= 15 is 0 Å². The molecule has 1 saturated carbocycles. The van der Waals surface area contributed by atoms with Crippen molar-refractivity contribution >= 4 is 0 Å². The molecule has 3 N–H and O–H groups in total. The first kappa shape index (κ1) is 10.3. The Morgan fingerprint density at radius 1 is 1.47 bits per heavy atom. The third-order valence-electron chi connectivity index (χ3n) is 3.25. The van der Waals surface area contributed by atoms with E-state index < -0.39 is 0 Å². The van der Waals surface area contributed by atoms with Crippen LogP contribution in [0.25, 0.3) is 0 Å². The van der Waals surface area contributed by atoms with Crippen molar-refractivity contribution in [1.29, 1.82) is 0 Å². The summed E-state index contributed by atoms with van der Waals surface area (Å²) in [5.41, 5.74) is 6.91. The molecule has 1 aliphatic carbocycles. The van der Waals surface area contributed by atoms with Crippen LogP contribution >= 0.6 is 0 Å². The number of hydrogen-bond acceptors (Lipinski definition) is 3. The van der Waals surface area contributed by atoms with Crippen LogP contribution in [0.5, 0.6) is 11.5 Å². The lowest BCUT2D eigenvalue weighted by Gasteiger charge is -2.31. The summed E-state index contributed by atoms with van der Waals surface area (Å²) in [6, 6.07) is 5.16. The second-order valence-corrected chi connectivity index (χ2v) is 4.14. The molecule has 3 nitrogen and oxygen atoms in total. The van der Waals surface area contributed by atoms with Gasteiger partial charge < -0.3 is 15.6 Å². The van der Waals surface area contributed by atoms with E-state index in [9.17, 15) is 5.11 Å². The molecular weight excluding hydrogens is 190 g/mol. The summed E-state index contributed by atoms with van der Waals surface area (Å²) >= 11 is 0. The number of phenolic OH excluding ortho intramolecular Hbond substituents is 1. The van der Waals surface area contributed by atoms with Gasteiger partial charge in [-0.3, -0.25) is 0 Å². The van der Waals surface area contributed by atoms with Crippen LogP contribution in [0.15, 0.2) is 18.2 Å². The molecule has 0 radical (unpaired) electrons. The van der Waals surface area contributed by atoms with E-state index in [0.29, 0.717) is 5.92 Å². The molecule has 0 heterocycles. The predicted octanol–water partition coefficient (Wildman–Crippen LogP) is 2.20. The van der Waals surface area contributed by atoms with E-state index in [2.05, 4.69) is 0 Å². The van der Waals surface area contributed by atoms with Crippen molar-refractivity contribution in [1.82, 2.24) is 0 Å². The van der Waals surface area contributed by atoms with Crippen LogP contribution in [0.4, 0.5) is 0 Å². The van der Waals surface area contributed by atoms with Gasteiger partial charge >= 0.3 is 0 Å². The van der Waals surface area contributed by atoms with Gasteiger partial charge in [-0.1, -0.05) is 6.42 Å². The summed E-state index contributed by atoms with van der Waals surface area (Å²) in [6.07, 6.45) is 3.58. The summed E-state index contributed by atoms with van der Waals surface area (Å²) in [6.45, 7) is 0. The monoisotopic (exact) mass is 207 g/mol. The maximum atomic E-state index is 9.73. The molecule has 0 saturated heterocycles. The number of hydrogen-bond donors (Lipinski definition) is 2. The zero-order valence-corrected chi connectivity index (χ0v) is 8.94. The summed E-state index contributed by atoms with van der Waals surface area (Å²) in [4.78, 5) is 0. The predicted molar refractivity (Wildman–Crippen MR) is 58.9 cm³/mol. The van der Waals surface area contributed by atoms with E-state index in [1.165, 1.54) is 6.42 Å². The summed E-state index contributed by atoms with van der Waals surface area (Å²) in [5, 5.41) is 9.73. The second-order valence-electron chi connectivity index (χ2n) is 4.14. The Morgan fingerprint density at radius 3 is 2.73 bits per heavy atom. The highest BCUT2D eigenvalue weighted by Gasteiger charge is 2.27. The largest absolute Gasteiger partial charge is 0.508 e. The summed E-state index contributed by atoms with van der Waals surface area (Å²) < 4.78 is 5.12. The lowest BCUT2D eigenvalue weighted by Crippen LogP contribution is -2.26. The van der Waals surface area contributed by atoms with Gasteiger partial charge in [0.15, 0.2) is 0 Å². The smallest absolute Gasteiger partial charge is 0.120 e. The van der Waals surface area contributed by atoms with Gasteiger partial charge in [0.1, 0.15) is 11.5 Å². The second kappa shape index (κ2) is 4.11. The zero-order valence-electron chi connectivity index (χ0n) is 8.94. The van der Waals surface area contributed by atoms with E-state index in [-0.39, 0.29) is 11.8 Å². The van der Waals surface area contributed by atoms with Gasteiger partial charge in [0.2, 0.25) is 0 Å². The van der Waals surface area contributed by atoms with Crippen molar-refractivity contribution in [3.8, 4) is 11.5 Å². The van der Waals surface area contributed by atoms with Crippen LogP contribution in [-0.2, 0) is 0 Å². The maximum absolute atomic E-state index is 9.73. The number of rotatable bonds is 3. The molecular formula is C12H17NO2. The molecule has 3 heteroatoms. The topological polar surface area (TPSA) is 55.5 Å². The minimum Gasteiger partial charge on any atom is -0.508 e. The Bertz CT molecular complexity index is 347. The number of phenols is 1. The number of nitrogens with two attached hydrogens (primary N) is 1. The third-order valence-corrected chi connectivity index (χ3v) is 3.25. The molecule has 0 bridgehead atoms. The standard InChI is InChI=1S/C12H17NO2/c1-15-9-5-6-11(14)10(7-9)12(13)8-3-2-4-8/h5-8,12,14H,2-4,13H2,1H3/t12-/m0/s1. The molecule has 0 amide bonds. The highest BCUT2D eigenvalue weighted by Crippen LogP contribution is 2.39. The van der Waals surface area contributed by atoms with Crippen LogP contribution in [0.3, 0.4) is 0 Å². The van der Waals surface area contributed by atoms with Gasteiger partial charge in [-0.25, -0.2) is 0 Å². The Labute approximate surface area is 89.9 Å². The quantitative estimate of drug-likeness (QED) is 0.798. The molecule has 0 spiro atoms. The molecule has 1 atom stereocenters. The minimum atomic E-state index is -0.0613. The number of benzene rings is 1. The van der Waals surface area contributed by atoms with E-state index in [1.54, 1.807) is 19.2 Å². The first-order valence-corrected chi connectivity index (χ1v) is 5.35. The molecule has 1 aliphatic rings. The van der Waals surface area contributed by atoms with Crippen LogP contribution < -0.4 is 10.5 Å². The van der Waals surface area contributed by atoms with Crippen molar-refractivity contribution in [2.75, 3.05) is 7.11 Å². The number of aromatic hydroxyl groups is 1. The fraction of sp³-hybridized carbons (Fsp3) is 0.500. The minimum absolute atomic E-state index is 0.0613. The number of methoxy groups -OCH3 is 1. The highest BCUT2D eigenvalue weighted by molar-refractivity contribution is 5.41. The van der Waals surface area contributed by atoms with Gasteiger partial charge in [0, 0.05) is 11.6 Å². The lowest BCUT2D eigenvalue weighted by molar-refractivity contribution is 0.260.